The van der Waals surface area contributed by atoms with Gasteiger partial charge in [0.25, 0.3) is 5.91 Å². The maximum atomic E-state index is 14.5. The molecule has 0 aliphatic heterocycles. The summed E-state index contributed by atoms with van der Waals surface area (Å²) in [4.78, 5) is 25.6. The molecule has 1 saturated carbocycles. The van der Waals surface area contributed by atoms with Crippen molar-refractivity contribution in [1.29, 1.82) is 5.26 Å². The second-order valence-corrected chi connectivity index (χ2v) is 11.7. The third-order valence-corrected chi connectivity index (χ3v) is 8.67. The summed E-state index contributed by atoms with van der Waals surface area (Å²) in [6.45, 7) is 0.526. The van der Waals surface area contributed by atoms with E-state index in [2.05, 4.69) is 41.7 Å². The molecule has 1 fully saturated rings. The Labute approximate surface area is 265 Å². The van der Waals surface area contributed by atoms with Crippen molar-refractivity contribution in [3.63, 3.8) is 0 Å². The summed E-state index contributed by atoms with van der Waals surface area (Å²) < 4.78 is 16.5. The highest BCUT2D eigenvalue weighted by Crippen LogP contribution is 2.46. The highest BCUT2D eigenvalue weighted by atomic mass is 19.1. The number of halogens is 1. The molecule has 1 aromatic heterocycles. The van der Waals surface area contributed by atoms with Crippen molar-refractivity contribution in [1.82, 2.24) is 9.88 Å². The minimum absolute atomic E-state index is 0.182. The lowest BCUT2D eigenvalue weighted by Crippen LogP contribution is -2.35. The van der Waals surface area contributed by atoms with Crippen LogP contribution in [0.4, 0.5) is 4.39 Å². The minimum Gasteiger partial charge on any atom is -0.478 e. The van der Waals surface area contributed by atoms with Gasteiger partial charge < -0.3 is 15.0 Å². The van der Waals surface area contributed by atoms with E-state index in [-0.39, 0.29) is 17.0 Å². The molecule has 46 heavy (non-hydrogen) atoms. The van der Waals surface area contributed by atoms with E-state index in [0.29, 0.717) is 23.2 Å². The Morgan fingerprint density at radius 3 is 2.20 bits per heavy atom. The second kappa shape index (κ2) is 11.5. The number of hydrogen-bond acceptors (Lipinski definition) is 3. The molecular weight excluding hydrogens is 577 g/mol. The lowest BCUT2D eigenvalue weighted by molar-refractivity contribution is 0.0696. The number of nitrogens with zero attached hydrogens (tertiary/aromatic N) is 2. The van der Waals surface area contributed by atoms with Crippen molar-refractivity contribution >= 4 is 22.8 Å². The molecule has 6 aromatic rings. The van der Waals surface area contributed by atoms with E-state index < -0.39 is 17.3 Å². The molecule has 0 unspecified atom stereocenters. The summed E-state index contributed by atoms with van der Waals surface area (Å²) in [6.07, 6.45) is 3.39. The Morgan fingerprint density at radius 2 is 1.52 bits per heavy atom. The number of aromatic carboxylic acids is 1. The molecule has 5 aromatic carbocycles. The number of carboxylic acid groups (broad SMARTS) is 1. The highest BCUT2D eigenvalue weighted by molar-refractivity contribution is 6.08. The quantitative estimate of drug-likeness (QED) is 0.183. The third kappa shape index (κ3) is 5.53. The fourth-order valence-corrected chi connectivity index (χ4v) is 6.10. The molecule has 6 nitrogen and oxygen atoms in total. The van der Waals surface area contributed by atoms with Crippen LogP contribution >= 0.6 is 0 Å². The van der Waals surface area contributed by atoms with Crippen LogP contribution in [0.25, 0.3) is 33.2 Å². The summed E-state index contributed by atoms with van der Waals surface area (Å²) in [5.74, 6) is -1.83. The molecule has 224 valence electrons. The smallest absolute Gasteiger partial charge is 0.335 e. The second-order valence-electron chi connectivity index (χ2n) is 11.7. The zero-order chi connectivity index (χ0) is 31.8. The fraction of sp³-hybridized carbons (Fsp3) is 0.103. The molecule has 0 saturated heterocycles. The molecule has 1 aliphatic rings. The van der Waals surface area contributed by atoms with Gasteiger partial charge in [-0.3, -0.25) is 4.79 Å². The van der Waals surface area contributed by atoms with Crippen molar-refractivity contribution in [2.75, 3.05) is 0 Å². The predicted molar refractivity (Wildman–Crippen MR) is 175 cm³/mol. The standard InChI is InChI=1S/C39H28FN3O3/c40-34-19-26(23-41)18-31(21-34)32-20-30-14-17-43(24-25-6-8-28(9-7-25)27-4-2-1-3-5-27)36(30)35(22-32)37(44)42-39(15-16-39)33-12-10-29(11-13-33)38(45)46/h1-14,17-22H,15-16,24H2,(H,42,44)(H,45,46). The zero-order valence-electron chi connectivity index (χ0n) is 24.7. The fourth-order valence-electron chi connectivity index (χ4n) is 6.10. The topological polar surface area (TPSA) is 95.1 Å². The van der Waals surface area contributed by atoms with Gasteiger partial charge >= 0.3 is 5.97 Å². The Kier molecular flexibility index (Phi) is 7.18. The lowest BCUT2D eigenvalue weighted by Gasteiger charge is -2.20. The Balaban J connectivity index is 1.28. The summed E-state index contributed by atoms with van der Waals surface area (Å²) in [5.41, 5.74) is 6.22. The average Bonchev–Trinajstić information content (AvgIpc) is 3.76. The number of nitrogens with one attached hydrogen (secondary N) is 1. The van der Waals surface area contributed by atoms with Crippen LogP contribution in [0.15, 0.2) is 121 Å². The Morgan fingerprint density at radius 1 is 0.826 bits per heavy atom. The maximum Gasteiger partial charge on any atom is 0.335 e. The van der Waals surface area contributed by atoms with Gasteiger partial charge in [0, 0.05) is 18.1 Å². The van der Waals surface area contributed by atoms with Crippen LogP contribution in [0.1, 0.15) is 50.2 Å². The predicted octanol–water partition coefficient (Wildman–Crippen LogP) is 8.15. The van der Waals surface area contributed by atoms with Gasteiger partial charge in [-0.15, -0.1) is 0 Å². The van der Waals surface area contributed by atoms with E-state index >= 15 is 0 Å². The molecule has 1 heterocycles. The van der Waals surface area contributed by atoms with Crippen molar-refractivity contribution in [2.24, 2.45) is 0 Å². The number of hydrogen-bond donors (Lipinski definition) is 2. The average molecular weight is 606 g/mol. The van der Waals surface area contributed by atoms with E-state index in [0.717, 1.165) is 46.0 Å². The van der Waals surface area contributed by atoms with Crippen molar-refractivity contribution in [3.8, 4) is 28.3 Å². The number of carboxylic acids is 1. The zero-order valence-corrected chi connectivity index (χ0v) is 24.7. The lowest BCUT2D eigenvalue weighted by atomic mass is 9.97. The van der Waals surface area contributed by atoms with E-state index in [4.69, 9.17) is 0 Å². The molecular formula is C39H28FN3O3. The molecule has 2 N–H and O–H groups in total. The minimum atomic E-state index is -1.01. The van der Waals surface area contributed by atoms with Gasteiger partial charge in [-0.05, 0) is 94.8 Å². The maximum absolute atomic E-state index is 14.5. The number of amides is 1. The summed E-state index contributed by atoms with van der Waals surface area (Å²) in [5, 5.41) is 22.8. The summed E-state index contributed by atoms with van der Waals surface area (Å²) in [6, 6.07) is 36.9. The van der Waals surface area contributed by atoms with Gasteiger partial charge in [-0.1, -0.05) is 66.7 Å². The number of carbonyl (C=O) groups is 2. The van der Waals surface area contributed by atoms with Gasteiger partial charge in [0.2, 0.25) is 0 Å². The Hall–Kier alpha value is -6.00. The number of rotatable bonds is 8. The van der Waals surface area contributed by atoms with Gasteiger partial charge in [-0.25, -0.2) is 9.18 Å². The van der Waals surface area contributed by atoms with E-state index in [1.165, 1.54) is 12.1 Å². The van der Waals surface area contributed by atoms with E-state index in [9.17, 15) is 24.3 Å². The number of carbonyl (C=O) groups excluding carboxylic acids is 1. The van der Waals surface area contributed by atoms with Crippen LogP contribution < -0.4 is 5.32 Å². The van der Waals surface area contributed by atoms with Crippen LogP contribution in [-0.2, 0) is 12.1 Å². The largest absolute Gasteiger partial charge is 0.478 e. The molecule has 7 heteroatoms. The summed E-state index contributed by atoms with van der Waals surface area (Å²) >= 11 is 0. The first-order valence-electron chi connectivity index (χ1n) is 15.0. The van der Waals surface area contributed by atoms with Crippen molar-refractivity contribution < 1.29 is 19.1 Å². The monoisotopic (exact) mass is 605 g/mol. The van der Waals surface area contributed by atoms with Crippen molar-refractivity contribution in [2.45, 2.75) is 24.9 Å². The van der Waals surface area contributed by atoms with Gasteiger partial charge in [-0.2, -0.15) is 5.26 Å². The van der Waals surface area contributed by atoms with Crippen molar-refractivity contribution in [3.05, 3.63) is 155 Å². The van der Waals surface area contributed by atoms with Crippen LogP contribution in [0.5, 0.6) is 0 Å². The van der Waals surface area contributed by atoms with Crippen LogP contribution in [0.3, 0.4) is 0 Å². The molecule has 1 amide bonds. The highest BCUT2D eigenvalue weighted by Gasteiger charge is 2.46. The van der Waals surface area contributed by atoms with Crippen LogP contribution in [0, 0.1) is 17.1 Å². The van der Waals surface area contributed by atoms with Crippen LogP contribution in [-0.4, -0.2) is 21.6 Å². The van der Waals surface area contributed by atoms with E-state index in [1.54, 1.807) is 36.4 Å². The number of nitriles is 1. The van der Waals surface area contributed by atoms with Crippen LogP contribution in [0.2, 0.25) is 0 Å². The normalized spacial score (nSPS) is 13.2. The first kappa shape index (κ1) is 28.8. The van der Waals surface area contributed by atoms with Gasteiger partial charge in [0.1, 0.15) is 5.82 Å². The molecule has 0 bridgehead atoms. The summed E-state index contributed by atoms with van der Waals surface area (Å²) in [7, 11) is 0. The number of fused-ring (bicyclic) bond motifs is 1. The number of aromatic nitrogens is 1. The molecule has 7 rings (SSSR count). The first-order chi connectivity index (χ1) is 22.3. The molecule has 0 spiro atoms. The first-order valence-corrected chi connectivity index (χ1v) is 15.0. The molecule has 0 radical (unpaired) electrons. The third-order valence-electron chi connectivity index (χ3n) is 8.67. The SMILES string of the molecule is N#Cc1cc(F)cc(-c2cc(C(=O)NC3(c4ccc(C(=O)O)cc4)CC3)c3c(ccn3Cc3ccc(-c4ccccc4)cc3)c2)c1. The molecule has 1 aliphatic carbocycles. The Bertz CT molecular complexity index is 2160. The number of benzene rings is 5. The van der Waals surface area contributed by atoms with E-state index in [1.807, 2.05) is 47.2 Å². The van der Waals surface area contributed by atoms with Gasteiger partial charge in [0.05, 0.1) is 33.8 Å². The molecule has 0 atom stereocenters. The van der Waals surface area contributed by atoms with Gasteiger partial charge in [0.15, 0.2) is 0 Å².